The molecule has 1 aromatic carbocycles. The van der Waals surface area contributed by atoms with Crippen molar-refractivity contribution in [3.8, 4) is 11.5 Å². The van der Waals surface area contributed by atoms with Crippen molar-refractivity contribution in [3.05, 3.63) is 48.8 Å². The standard InChI is InChI=1S/C16H18N4O3/c1-4-8-17-16-18-9-7-12(20-16)15(21)19-13-10-11(22-2)5-6-14(13)23-3/h4-7,9-10H,1,8H2,2-3H3,(H,19,21)(H,17,18,20). The summed E-state index contributed by atoms with van der Waals surface area (Å²) in [7, 11) is 3.08. The summed E-state index contributed by atoms with van der Waals surface area (Å²) in [5.74, 6) is 1.12. The smallest absolute Gasteiger partial charge is 0.274 e. The summed E-state index contributed by atoms with van der Waals surface area (Å²) >= 11 is 0. The number of anilines is 2. The summed E-state index contributed by atoms with van der Waals surface area (Å²) in [6, 6.07) is 6.66. The molecule has 0 aliphatic heterocycles. The Hall–Kier alpha value is -3.09. The first-order chi connectivity index (χ1) is 11.2. The highest BCUT2D eigenvalue weighted by Crippen LogP contribution is 2.29. The number of nitrogens with zero attached hydrogens (tertiary/aromatic N) is 2. The number of aromatic nitrogens is 2. The van der Waals surface area contributed by atoms with Gasteiger partial charge in [-0.3, -0.25) is 4.79 Å². The van der Waals surface area contributed by atoms with Gasteiger partial charge < -0.3 is 20.1 Å². The molecule has 120 valence electrons. The molecule has 0 aliphatic carbocycles. The number of rotatable bonds is 7. The molecule has 1 aromatic heterocycles. The van der Waals surface area contributed by atoms with Gasteiger partial charge >= 0.3 is 0 Å². The van der Waals surface area contributed by atoms with Crippen LogP contribution in [0.4, 0.5) is 11.6 Å². The predicted octanol–water partition coefficient (Wildman–Crippen LogP) is 2.34. The predicted molar refractivity (Wildman–Crippen MR) is 88.2 cm³/mol. The normalized spacial score (nSPS) is 9.83. The van der Waals surface area contributed by atoms with Crippen LogP contribution in [0.2, 0.25) is 0 Å². The quantitative estimate of drug-likeness (QED) is 0.763. The molecule has 0 atom stereocenters. The average molecular weight is 314 g/mol. The third kappa shape index (κ3) is 4.19. The number of carbonyl (C=O) groups is 1. The fraction of sp³-hybridized carbons (Fsp3) is 0.188. The number of benzene rings is 1. The van der Waals surface area contributed by atoms with E-state index in [9.17, 15) is 4.79 Å². The fourth-order valence-electron chi connectivity index (χ4n) is 1.83. The summed E-state index contributed by atoms with van der Waals surface area (Å²) in [5.41, 5.74) is 0.729. The maximum absolute atomic E-state index is 12.4. The van der Waals surface area contributed by atoms with Crippen LogP contribution in [-0.4, -0.2) is 36.6 Å². The van der Waals surface area contributed by atoms with Crippen molar-refractivity contribution < 1.29 is 14.3 Å². The van der Waals surface area contributed by atoms with E-state index in [-0.39, 0.29) is 11.6 Å². The van der Waals surface area contributed by atoms with Crippen LogP contribution in [0.25, 0.3) is 0 Å². The first kappa shape index (κ1) is 16.3. The number of hydrogen-bond donors (Lipinski definition) is 2. The molecular formula is C16H18N4O3. The van der Waals surface area contributed by atoms with Crippen LogP contribution in [0.5, 0.6) is 11.5 Å². The summed E-state index contributed by atoms with van der Waals surface area (Å²) < 4.78 is 10.4. The van der Waals surface area contributed by atoms with Gasteiger partial charge in [-0.25, -0.2) is 9.97 Å². The number of nitrogens with one attached hydrogen (secondary N) is 2. The molecule has 0 radical (unpaired) electrons. The summed E-state index contributed by atoms with van der Waals surface area (Å²) in [6.07, 6.45) is 3.19. The SMILES string of the molecule is C=CCNc1nccc(C(=O)Nc2cc(OC)ccc2OC)n1. The minimum atomic E-state index is -0.374. The van der Waals surface area contributed by atoms with Gasteiger partial charge in [0.05, 0.1) is 19.9 Å². The molecule has 0 fully saturated rings. The Labute approximate surface area is 134 Å². The van der Waals surface area contributed by atoms with Crippen LogP contribution in [0.15, 0.2) is 43.1 Å². The maximum Gasteiger partial charge on any atom is 0.274 e. The molecule has 2 aromatic rings. The number of hydrogen-bond acceptors (Lipinski definition) is 6. The zero-order valence-corrected chi connectivity index (χ0v) is 13.0. The number of carbonyl (C=O) groups excluding carboxylic acids is 1. The second-order valence-electron chi connectivity index (χ2n) is 4.46. The zero-order valence-electron chi connectivity index (χ0n) is 13.0. The molecule has 2 N–H and O–H groups in total. The molecule has 1 heterocycles. The van der Waals surface area contributed by atoms with Gasteiger partial charge in [0, 0.05) is 18.8 Å². The van der Waals surface area contributed by atoms with Crippen LogP contribution in [0.3, 0.4) is 0 Å². The Balaban J connectivity index is 2.20. The molecule has 23 heavy (non-hydrogen) atoms. The molecule has 2 rings (SSSR count). The average Bonchev–Trinajstić information content (AvgIpc) is 2.60. The third-order valence-electron chi connectivity index (χ3n) is 2.95. The van der Waals surface area contributed by atoms with E-state index in [1.54, 1.807) is 31.4 Å². The van der Waals surface area contributed by atoms with Crippen molar-refractivity contribution in [1.29, 1.82) is 0 Å². The van der Waals surface area contributed by atoms with Crippen molar-refractivity contribution in [2.75, 3.05) is 31.4 Å². The monoisotopic (exact) mass is 314 g/mol. The lowest BCUT2D eigenvalue weighted by molar-refractivity contribution is 0.102. The van der Waals surface area contributed by atoms with Crippen molar-refractivity contribution in [2.24, 2.45) is 0 Å². The van der Waals surface area contributed by atoms with Gasteiger partial charge in [0.1, 0.15) is 17.2 Å². The Morgan fingerprint density at radius 2 is 2.13 bits per heavy atom. The van der Waals surface area contributed by atoms with E-state index in [2.05, 4.69) is 27.2 Å². The van der Waals surface area contributed by atoms with Crippen molar-refractivity contribution in [3.63, 3.8) is 0 Å². The molecular weight excluding hydrogens is 296 g/mol. The molecule has 0 bridgehead atoms. The minimum absolute atomic E-state index is 0.233. The first-order valence-electron chi connectivity index (χ1n) is 6.89. The van der Waals surface area contributed by atoms with Crippen molar-refractivity contribution >= 4 is 17.5 Å². The Kier molecular flexibility index (Phi) is 5.51. The lowest BCUT2D eigenvalue weighted by Gasteiger charge is -2.11. The highest BCUT2D eigenvalue weighted by atomic mass is 16.5. The van der Waals surface area contributed by atoms with Gasteiger partial charge in [-0.15, -0.1) is 6.58 Å². The Morgan fingerprint density at radius 1 is 1.30 bits per heavy atom. The lowest BCUT2D eigenvalue weighted by atomic mass is 10.2. The van der Waals surface area contributed by atoms with E-state index < -0.39 is 0 Å². The zero-order chi connectivity index (χ0) is 16.7. The molecule has 0 unspecified atom stereocenters. The van der Waals surface area contributed by atoms with Crippen LogP contribution >= 0.6 is 0 Å². The number of methoxy groups -OCH3 is 2. The second-order valence-corrected chi connectivity index (χ2v) is 4.46. The highest BCUT2D eigenvalue weighted by molar-refractivity contribution is 6.03. The molecule has 0 saturated heterocycles. The summed E-state index contributed by atoms with van der Waals surface area (Å²) in [5, 5.41) is 5.68. The van der Waals surface area contributed by atoms with E-state index in [0.717, 1.165) is 0 Å². The van der Waals surface area contributed by atoms with Gasteiger partial charge in [-0.2, -0.15) is 0 Å². The van der Waals surface area contributed by atoms with E-state index in [0.29, 0.717) is 29.7 Å². The van der Waals surface area contributed by atoms with Crippen LogP contribution in [0.1, 0.15) is 10.5 Å². The fourth-order valence-corrected chi connectivity index (χ4v) is 1.83. The van der Waals surface area contributed by atoms with E-state index >= 15 is 0 Å². The molecule has 0 saturated carbocycles. The van der Waals surface area contributed by atoms with Gasteiger partial charge in [0.15, 0.2) is 0 Å². The summed E-state index contributed by atoms with van der Waals surface area (Å²) in [6.45, 7) is 4.11. The third-order valence-corrected chi connectivity index (χ3v) is 2.95. The second kappa shape index (κ2) is 7.79. The molecule has 0 aliphatic rings. The first-order valence-corrected chi connectivity index (χ1v) is 6.89. The number of ether oxygens (including phenoxy) is 2. The van der Waals surface area contributed by atoms with Gasteiger partial charge in [0.2, 0.25) is 5.95 Å². The van der Waals surface area contributed by atoms with Crippen LogP contribution in [0, 0.1) is 0 Å². The van der Waals surface area contributed by atoms with E-state index in [1.807, 2.05) is 0 Å². The number of amides is 1. The van der Waals surface area contributed by atoms with Crippen LogP contribution < -0.4 is 20.1 Å². The lowest BCUT2D eigenvalue weighted by Crippen LogP contribution is -2.16. The Bertz CT molecular complexity index is 703. The van der Waals surface area contributed by atoms with Crippen molar-refractivity contribution in [1.82, 2.24) is 9.97 Å². The van der Waals surface area contributed by atoms with E-state index in [1.165, 1.54) is 19.4 Å². The molecule has 7 heteroatoms. The van der Waals surface area contributed by atoms with Crippen LogP contribution in [-0.2, 0) is 0 Å². The van der Waals surface area contributed by atoms with Crippen molar-refractivity contribution in [2.45, 2.75) is 0 Å². The molecule has 7 nitrogen and oxygen atoms in total. The highest BCUT2D eigenvalue weighted by Gasteiger charge is 2.13. The Morgan fingerprint density at radius 3 is 2.83 bits per heavy atom. The molecule has 1 amide bonds. The molecule has 0 spiro atoms. The van der Waals surface area contributed by atoms with E-state index in [4.69, 9.17) is 9.47 Å². The topological polar surface area (TPSA) is 85.4 Å². The van der Waals surface area contributed by atoms with Gasteiger partial charge in [-0.05, 0) is 18.2 Å². The largest absolute Gasteiger partial charge is 0.497 e. The minimum Gasteiger partial charge on any atom is -0.497 e. The maximum atomic E-state index is 12.4. The van der Waals surface area contributed by atoms with Gasteiger partial charge in [-0.1, -0.05) is 6.08 Å². The summed E-state index contributed by atoms with van der Waals surface area (Å²) in [4.78, 5) is 20.5. The van der Waals surface area contributed by atoms with Gasteiger partial charge in [0.25, 0.3) is 5.91 Å².